The van der Waals surface area contributed by atoms with E-state index < -0.39 is 0 Å². The third kappa shape index (κ3) is 6.99. The summed E-state index contributed by atoms with van der Waals surface area (Å²) in [5, 5.41) is 3.55. The number of nitrogens with one attached hydrogen (secondary N) is 1. The highest BCUT2D eigenvalue weighted by atomic mass is 35.5. The molecule has 0 atom stereocenters. The highest BCUT2D eigenvalue weighted by Crippen LogP contribution is 2.19. The molecule has 0 radical (unpaired) electrons. The zero-order valence-electron chi connectivity index (χ0n) is 19.9. The Labute approximate surface area is 210 Å². The Balaban J connectivity index is 1.26. The Hall–Kier alpha value is -3.51. The standard InChI is InChI=1S/C28H30ClN3O3/c1-21-8-2-5-11-26(21)34-19-7-18-32-25-10-4-3-9-24(25)31-27(32)12-6-17-30-28(33)20-35-23-15-13-22(29)14-16-23/h2-5,8-11,13-16H,6-7,12,17-20H2,1H3,(H,30,33). The molecule has 1 heterocycles. The Morgan fingerprint density at radius 2 is 1.74 bits per heavy atom. The van der Waals surface area contributed by atoms with Crippen molar-refractivity contribution in [1.82, 2.24) is 14.9 Å². The number of halogens is 1. The summed E-state index contributed by atoms with van der Waals surface area (Å²) in [5.41, 5.74) is 3.25. The van der Waals surface area contributed by atoms with E-state index in [0.717, 1.165) is 54.0 Å². The predicted octanol–water partition coefficient (Wildman–Crippen LogP) is 5.60. The van der Waals surface area contributed by atoms with Gasteiger partial charge >= 0.3 is 0 Å². The number of hydrogen-bond acceptors (Lipinski definition) is 4. The molecular formula is C28H30ClN3O3. The zero-order chi connectivity index (χ0) is 24.5. The van der Waals surface area contributed by atoms with Crippen molar-refractivity contribution in [2.24, 2.45) is 0 Å². The van der Waals surface area contributed by atoms with E-state index in [9.17, 15) is 4.79 Å². The lowest BCUT2D eigenvalue weighted by molar-refractivity contribution is -0.123. The van der Waals surface area contributed by atoms with Crippen LogP contribution in [0.1, 0.15) is 24.2 Å². The van der Waals surface area contributed by atoms with E-state index in [-0.39, 0.29) is 12.5 Å². The number of carbonyl (C=O) groups excluding carboxylic acids is 1. The van der Waals surface area contributed by atoms with E-state index >= 15 is 0 Å². The highest BCUT2D eigenvalue weighted by Gasteiger charge is 2.11. The molecule has 0 saturated carbocycles. The number of nitrogens with zero attached hydrogens (tertiary/aromatic N) is 2. The monoisotopic (exact) mass is 491 g/mol. The summed E-state index contributed by atoms with van der Waals surface area (Å²) in [6.45, 7) is 4.05. The summed E-state index contributed by atoms with van der Waals surface area (Å²) in [7, 11) is 0. The molecule has 0 unspecified atom stereocenters. The fraction of sp³-hybridized carbons (Fsp3) is 0.286. The van der Waals surface area contributed by atoms with Crippen LogP contribution in [0.25, 0.3) is 11.0 Å². The zero-order valence-corrected chi connectivity index (χ0v) is 20.6. The maximum absolute atomic E-state index is 12.1. The molecule has 4 aromatic rings. The van der Waals surface area contributed by atoms with Gasteiger partial charge < -0.3 is 19.4 Å². The number of aryl methyl sites for hydroxylation is 3. The Morgan fingerprint density at radius 3 is 2.57 bits per heavy atom. The molecular weight excluding hydrogens is 462 g/mol. The lowest BCUT2D eigenvalue weighted by atomic mass is 10.2. The van der Waals surface area contributed by atoms with Crippen molar-refractivity contribution in [3.05, 3.63) is 89.2 Å². The summed E-state index contributed by atoms with van der Waals surface area (Å²) in [6.07, 6.45) is 2.43. The Kier molecular flexibility index (Phi) is 8.63. The molecule has 35 heavy (non-hydrogen) atoms. The van der Waals surface area contributed by atoms with Crippen molar-refractivity contribution < 1.29 is 14.3 Å². The molecule has 1 amide bonds. The number of para-hydroxylation sites is 3. The average molecular weight is 492 g/mol. The van der Waals surface area contributed by atoms with Gasteiger partial charge in [0.15, 0.2) is 6.61 Å². The number of amides is 1. The van der Waals surface area contributed by atoms with E-state index in [1.165, 1.54) is 0 Å². The summed E-state index contributed by atoms with van der Waals surface area (Å²) in [6, 6.07) is 23.2. The minimum atomic E-state index is -0.151. The number of imidazole rings is 1. The highest BCUT2D eigenvalue weighted by molar-refractivity contribution is 6.30. The van der Waals surface area contributed by atoms with Gasteiger partial charge in [-0.2, -0.15) is 0 Å². The van der Waals surface area contributed by atoms with Gasteiger partial charge in [0.2, 0.25) is 0 Å². The van der Waals surface area contributed by atoms with Gasteiger partial charge in [0.1, 0.15) is 17.3 Å². The van der Waals surface area contributed by atoms with Crippen molar-refractivity contribution in [1.29, 1.82) is 0 Å². The Morgan fingerprint density at radius 1 is 0.971 bits per heavy atom. The topological polar surface area (TPSA) is 65.4 Å². The Bertz CT molecular complexity index is 1250. The van der Waals surface area contributed by atoms with Crippen LogP contribution < -0.4 is 14.8 Å². The van der Waals surface area contributed by atoms with E-state index in [0.29, 0.717) is 23.9 Å². The van der Waals surface area contributed by atoms with E-state index in [4.69, 9.17) is 26.1 Å². The SMILES string of the molecule is Cc1ccccc1OCCCn1c(CCCNC(=O)COc2ccc(Cl)cc2)nc2ccccc21. The molecule has 1 aromatic heterocycles. The molecule has 4 rings (SSSR count). The normalized spacial score (nSPS) is 10.9. The van der Waals surface area contributed by atoms with Crippen LogP contribution >= 0.6 is 11.6 Å². The minimum absolute atomic E-state index is 0.0268. The van der Waals surface area contributed by atoms with Crippen molar-refractivity contribution in [3.63, 3.8) is 0 Å². The van der Waals surface area contributed by atoms with E-state index in [1.54, 1.807) is 24.3 Å². The first-order valence-electron chi connectivity index (χ1n) is 11.9. The lowest BCUT2D eigenvalue weighted by Crippen LogP contribution is -2.30. The second-order valence-electron chi connectivity index (χ2n) is 8.33. The van der Waals surface area contributed by atoms with Gasteiger partial charge in [0.25, 0.3) is 5.91 Å². The van der Waals surface area contributed by atoms with Crippen LogP contribution in [0.15, 0.2) is 72.8 Å². The van der Waals surface area contributed by atoms with Crippen LogP contribution in [-0.2, 0) is 17.8 Å². The molecule has 7 heteroatoms. The molecule has 0 spiro atoms. The van der Waals surface area contributed by atoms with Gasteiger partial charge in [-0.25, -0.2) is 4.98 Å². The fourth-order valence-electron chi connectivity index (χ4n) is 3.89. The molecule has 3 aromatic carbocycles. The predicted molar refractivity (Wildman–Crippen MR) is 139 cm³/mol. The van der Waals surface area contributed by atoms with E-state index in [2.05, 4.69) is 28.9 Å². The first kappa shape index (κ1) is 24.6. The van der Waals surface area contributed by atoms with Gasteiger partial charge in [-0.05, 0) is 67.8 Å². The maximum atomic E-state index is 12.1. The van der Waals surface area contributed by atoms with Crippen LogP contribution in [0.4, 0.5) is 0 Å². The molecule has 182 valence electrons. The molecule has 0 saturated heterocycles. The number of fused-ring (bicyclic) bond motifs is 1. The van der Waals surface area contributed by atoms with Crippen molar-refractivity contribution >= 4 is 28.5 Å². The number of benzene rings is 3. The summed E-state index contributed by atoms with van der Waals surface area (Å²) < 4.78 is 13.7. The largest absolute Gasteiger partial charge is 0.493 e. The van der Waals surface area contributed by atoms with E-state index in [1.807, 2.05) is 36.4 Å². The smallest absolute Gasteiger partial charge is 0.257 e. The number of aromatic nitrogens is 2. The second-order valence-corrected chi connectivity index (χ2v) is 8.77. The third-order valence-electron chi connectivity index (χ3n) is 5.69. The maximum Gasteiger partial charge on any atom is 0.257 e. The van der Waals surface area contributed by atoms with Crippen LogP contribution in [0.2, 0.25) is 5.02 Å². The van der Waals surface area contributed by atoms with Gasteiger partial charge in [0.05, 0.1) is 17.6 Å². The van der Waals surface area contributed by atoms with Crippen LogP contribution in [0.3, 0.4) is 0 Å². The quantitative estimate of drug-likeness (QED) is 0.262. The number of hydrogen-bond donors (Lipinski definition) is 1. The van der Waals surface area contributed by atoms with Crippen molar-refractivity contribution in [2.75, 3.05) is 19.8 Å². The van der Waals surface area contributed by atoms with Crippen LogP contribution in [-0.4, -0.2) is 35.2 Å². The van der Waals surface area contributed by atoms with Gasteiger partial charge in [0, 0.05) is 24.5 Å². The van der Waals surface area contributed by atoms with Gasteiger partial charge in [-0.15, -0.1) is 0 Å². The van der Waals surface area contributed by atoms with Crippen molar-refractivity contribution in [3.8, 4) is 11.5 Å². The molecule has 0 fully saturated rings. The molecule has 6 nitrogen and oxygen atoms in total. The first-order chi connectivity index (χ1) is 17.1. The molecule has 0 aliphatic carbocycles. The van der Waals surface area contributed by atoms with Gasteiger partial charge in [-0.1, -0.05) is 41.9 Å². The molecule has 0 aliphatic heterocycles. The van der Waals surface area contributed by atoms with Crippen LogP contribution in [0, 0.1) is 6.92 Å². The number of carbonyl (C=O) groups is 1. The summed E-state index contributed by atoms with van der Waals surface area (Å²) in [4.78, 5) is 17.0. The minimum Gasteiger partial charge on any atom is -0.493 e. The second kappa shape index (κ2) is 12.3. The summed E-state index contributed by atoms with van der Waals surface area (Å²) >= 11 is 5.86. The molecule has 1 N–H and O–H groups in total. The average Bonchev–Trinajstić information content (AvgIpc) is 3.22. The molecule has 0 bridgehead atoms. The number of rotatable bonds is 12. The van der Waals surface area contributed by atoms with Crippen LogP contribution in [0.5, 0.6) is 11.5 Å². The fourth-order valence-corrected chi connectivity index (χ4v) is 4.02. The third-order valence-corrected chi connectivity index (χ3v) is 5.95. The molecule has 0 aliphatic rings. The van der Waals surface area contributed by atoms with Gasteiger partial charge in [-0.3, -0.25) is 4.79 Å². The number of ether oxygens (including phenoxy) is 2. The van der Waals surface area contributed by atoms with Crippen molar-refractivity contribution in [2.45, 2.75) is 32.7 Å². The lowest BCUT2D eigenvalue weighted by Gasteiger charge is -2.12. The first-order valence-corrected chi connectivity index (χ1v) is 12.3. The summed E-state index contributed by atoms with van der Waals surface area (Å²) in [5.74, 6) is 2.42.